The number of hydrogen-bond donors (Lipinski definition) is 1. The summed E-state index contributed by atoms with van der Waals surface area (Å²) in [7, 11) is 2.04. The Hall–Kier alpha value is -0.910. The number of ether oxygens (including phenoxy) is 1. The van der Waals surface area contributed by atoms with Crippen molar-refractivity contribution in [1.29, 1.82) is 0 Å². The molecule has 1 N–H and O–H groups in total. The zero-order valence-corrected chi connectivity index (χ0v) is 11.1. The molecule has 0 saturated carbocycles. The molecule has 0 amide bonds. The molecule has 0 aliphatic carbocycles. The minimum Gasteiger partial charge on any atom is -0.394 e. The summed E-state index contributed by atoms with van der Waals surface area (Å²) in [5.74, 6) is 1.15. The van der Waals surface area contributed by atoms with E-state index in [0.29, 0.717) is 12.7 Å². The maximum absolute atomic E-state index is 8.72. The van der Waals surface area contributed by atoms with Crippen molar-refractivity contribution in [3.63, 3.8) is 0 Å². The Morgan fingerprint density at radius 1 is 1.44 bits per heavy atom. The fourth-order valence-electron chi connectivity index (χ4n) is 2.41. The normalized spacial score (nSPS) is 18.3. The highest BCUT2D eigenvalue weighted by Crippen LogP contribution is 2.13. The Morgan fingerprint density at radius 3 is 2.83 bits per heavy atom. The summed E-state index contributed by atoms with van der Waals surface area (Å²) in [6.07, 6.45) is 7.32. The first-order valence-electron chi connectivity index (χ1n) is 6.70. The lowest BCUT2D eigenvalue weighted by atomic mass is 10.1. The highest BCUT2D eigenvalue weighted by atomic mass is 16.5. The third-order valence-electron chi connectivity index (χ3n) is 3.55. The van der Waals surface area contributed by atoms with Crippen molar-refractivity contribution >= 4 is 0 Å². The summed E-state index contributed by atoms with van der Waals surface area (Å²) in [4.78, 5) is 6.81. The molecule has 1 aromatic heterocycles. The molecule has 0 spiro atoms. The summed E-state index contributed by atoms with van der Waals surface area (Å²) in [5.41, 5.74) is 0. The number of piperidine rings is 1. The van der Waals surface area contributed by atoms with Gasteiger partial charge in [-0.05, 0) is 12.8 Å². The van der Waals surface area contributed by atoms with Crippen LogP contribution in [0, 0.1) is 0 Å². The minimum absolute atomic E-state index is 0.124. The van der Waals surface area contributed by atoms with E-state index in [9.17, 15) is 0 Å². The lowest BCUT2D eigenvalue weighted by Crippen LogP contribution is -2.38. The van der Waals surface area contributed by atoms with Crippen molar-refractivity contribution in [1.82, 2.24) is 14.5 Å². The smallest absolute Gasteiger partial charge is 0.109 e. The minimum atomic E-state index is 0.124. The van der Waals surface area contributed by atoms with Crippen LogP contribution in [0.5, 0.6) is 0 Å². The van der Waals surface area contributed by atoms with Gasteiger partial charge in [0.05, 0.1) is 19.3 Å². The number of rotatable bonds is 6. The Labute approximate surface area is 108 Å². The number of likely N-dealkylation sites (tertiary alicyclic amines) is 1. The Bertz CT molecular complexity index is 346. The number of imidazole rings is 1. The maximum atomic E-state index is 8.72. The van der Waals surface area contributed by atoms with Gasteiger partial charge in [-0.2, -0.15) is 0 Å². The Balaban J connectivity index is 1.66. The molecule has 5 nitrogen and oxygen atoms in total. The van der Waals surface area contributed by atoms with E-state index in [-0.39, 0.29) is 6.61 Å². The highest BCUT2D eigenvalue weighted by molar-refractivity contribution is 4.92. The molecule has 5 heteroatoms. The van der Waals surface area contributed by atoms with Gasteiger partial charge in [-0.3, -0.25) is 0 Å². The molecule has 0 radical (unpaired) electrons. The first-order valence-corrected chi connectivity index (χ1v) is 6.70. The van der Waals surface area contributed by atoms with Gasteiger partial charge in [0.1, 0.15) is 5.82 Å². The summed E-state index contributed by atoms with van der Waals surface area (Å²) in [5, 5.41) is 8.72. The van der Waals surface area contributed by atoms with Crippen LogP contribution in [0.3, 0.4) is 0 Å². The molecule has 102 valence electrons. The summed E-state index contributed by atoms with van der Waals surface area (Å²) in [6.45, 7) is 3.83. The molecule has 1 fully saturated rings. The second-order valence-corrected chi connectivity index (χ2v) is 4.84. The third kappa shape index (κ3) is 3.80. The fraction of sp³-hybridized carbons (Fsp3) is 0.769. The van der Waals surface area contributed by atoms with Gasteiger partial charge in [-0.25, -0.2) is 4.98 Å². The van der Waals surface area contributed by atoms with Gasteiger partial charge in [0.25, 0.3) is 0 Å². The van der Waals surface area contributed by atoms with Gasteiger partial charge in [0.15, 0.2) is 0 Å². The lowest BCUT2D eigenvalue weighted by molar-refractivity contribution is -0.00756. The van der Waals surface area contributed by atoms with Crippen LogP contribution >= 0.6 is 0 Å². The SMILES string of the molecule is Cn1ccnc1CCN1CCC(OCCO)CC1. The van der Waals surface area contributed by atoms with Gasteiger partial charge < -0.3 is 19.3 Å². The average molecular weight is 253 g/mol. The molecule has 2 rings (SSSR count). The van der Waals surface area contributed by atoms with E-state index in [1.807, 2.05) is 19.4 Å². The van der Waals surface area contributed by atoms with E-state index >= 15 is 0 Å². The van der Waals surface area contributed by atoms with Crippen molar-refractivity contribution < 1.29 is 9.84 Å². The Kier molecular flexibility index (Phi) is 5.16. The zero-order chi connectivity index (χ0) is 12.8. The van der Waals surface area contributed by atoms with Crippen molar-refractivity contribution in [2.75, 3.05) is 32.8 Å². The van der Waals surface area contributed by atoms with Gasteiger partial charge in [0.2, 0.25) is 0 Å². The van der Waals surface area contributed by atoms with Crippen molar-refractivity contribution in [3.05, 3.63) is 18.2 Å². The average Bonchev–Trinajstić information content (AvgIpc) is 2.81. The highest BCUT2D eigenvalue weighted by Gasteiger charge is 2.19. The van der Waals surface area contributed by atoms with Crippen LogP contribution in [-0.4, -0.2) is 58.5 Å². The van der Waals surface area contributed by atoms with Gasteiger partial charge in [-0.15, -0.1) is 0 Å². The number of nitrogens with zero attached hydrogens (tertiary/aromatic N) is 3. The van der Waals surface area contributed by atoms with Crippen LogP contribution in [0.2, 0.25) is 0 Å². The molecule has 0 aromatic carbocycles. The molecule has 0 atom stereocenters. The fourth-order valence-corrected chi connectivity index (χ4v) is 2.41. The van der Waals surface area contributed by atoms with Crippen LogP contribution in [-0.2, 0) is 18.2 Å². The maximum Gasteiger partial charge on any atom is 0.109 e. The molecule has 2 heterocycles. The third-order valence-corrected chi connectivity index (χ3v) is 3.55. The van der Waals surface area contributed by atoms with Gasteiger partial charge in [-0.1, -0.05) is 0 Å². The van der Waals surface area contributed by atoms with Crippen molar-refractivity contribution in [2.24, 2.45) is 7.05 Å². The standard InChI is InChI=1S/C13H23N3O2/c1-15-9-5-14-13(15)4-8-16-6-2-12(3-7-16)18-11-10-17/h5,9,12,17H,2-4,6-8,10-11H2,1H3. The molecule has 1 aliphatic rings. The van der Waals surface area contributed by atoms with Crippen LogP contribution < -0.4 is 0 Å². The predicted molar refractivity (Wildman–Crippen MR) is 69.4 cm³/mol. The quantitative estimate of drug-likeness (QED) is 0.799. The molecule has 0 unspecified atom stereocenters. The molecule has 1 aliphatic heterocycles. The topological polar surface area (TPSA) is 50.5 Å². The molecular weight excluding hydrogens is 230 g/mol. The second kappa shape index (κ2) is 6.87. The van der Waals surface area contributed by atoms with Crippen molar-refractivity contribution in [2.45, 2.75) is 25.4 Å². The summed E-state index contributed by atoms with van der Waals surface area (Å²) >= 11 is 0. The molecule has 1 saturated heterocycles. The molecule has 18 heavy (non-hydrogen) atoms. The summed E-state index contributed by atoms with van der Waals surface area (Å²) < 4.78 is 7.64. The first-order chi connectivity index (χ1) is 8.79. The zero-order valence-electron chi connectivity index (χ0n) is 11.1. The number of aryl methyl sites for hydroxylation is 1. The first kappa shape index (κ1) is 13.5. The van der Waals surface area contributed by atoms with Crippen LogP contribution in [0.15, 0.2) is 12.4 Å². The van der Waals surface area contributed by atoms with E-state index in [1.54, 1.807) is 0 Å². The number of aromatic nitrogens is 2. The number of aliphatic hydroxyl groups is 1. The lowest BCUT2D eigenvalue weighted by Gasteiger charge is -2.31. The van der Waals surface area contributed by atoms with Gasteiger partial charge in [0, 0.05) is 45.5 Å². The largest absolute Gasteiger partial charge is 0.394 e. The number of aliphatic hydroxyl groups excluding tert-OH is 1. The second-order valence-electron chi connectivity index (χ2n) is 4.84. The van der Waals surface area contributed by atoms with E-state index in [1.165, 1.54) is 0 Å². The predicted octanol–water partition coefficient (Wildman–Crippen LogP) is 0.436. The van der Waals surface area contributed by atoms with Crippen LogP contribution in [0.25, 0.3) is 0 Å². The van der Waals surface area contributed by atoms with E-state index in [0.717, 1.165) is 44.7 Å². The summed E-state index contributed by atoms with van der Waals surface area (Å²) in [6, 6.07) is 0. The van der Waals surface area contributed by atoms with E-state index in [2.05, 4.69) is 14.5 Å². The van der Waals surface area contributed by atoms with E-state index in [4.69, 9.17) is 9.84 Å². The van der Waals surface area contributed by atoms with Gasteiger partial charge >= 0.3 is 0 Å². The monoisotopic (exact) mass is 253 g/mol. The van der Waals surface area contributed by atoms with Crippen molar-refractivity contribution in [3.8, 4) is 0 Å². The van der Waals surface area contributed by atoms with Crippen LogP contribution in [0.4, 0.5) is 0 Å². The van der Waals surface area contributed by atoms with Crippen LogP contribution in [0.1, 0.15) is 18.7 Å². The molecule has 1 aromatic rings. The molecule has 0 bridgehead atoms. The molecular formula is C13H23N3O2. The van der Waals surface area contributed by atoms with E-state index < -0.39 is 0 Å². The number of hydrogen-bond acceptors (Lipinski definition) is 4. The Morgan fingerprint density at radius 2 is 2.22 bits per heavy atom.